The monoisotopic (exact) mass is 473 g/mol. The molecule has 176 valence electrons. The van der Waals surface area contributed by atoms with E-state index in [0.29, 0.717) is 6.42 Å². The second-order valence-electron chi connectivity index (χ2n) is 7.65. The predicted octanol–water partition coefficient (Wildman–Crippen LogP) is 4.21. The van der Waals surface area contributed by atoms with Gasteiger partial charge in [0.05, 0.1) is 33.9 Å². The number of esters is 1. The van der Waals surface area contributed by atoms with E-state index in [1.165, 1.54) is 60.7 Å². The number of nitro groups is 1. The summed E-state index contributed by atoms with van der Waals surface area (Å²) in [5.74, 6) is -2.25. The van der Waals surface area contributed by atoms with Gasteiger partial charge in [0.25, 0.3) is 23.4 Å². The number of hydrogen-bond donors (Lipinski definition) is 1. The molecule has 0 atom stereocenters. The number of nitrogens with zero attached hydrogens (tertiary/aromatic N) is 2. The van der Waals surface area contributed by atoms with Gasteiger partial charge in [0, 0.05) is 23.4 Å². The van der Waals surface area contributed by atoms with Crippen LogP contribution in [0.25, 0.3) is 0 Å². The molecule has 0 aromatic heterocycles. The zero-order valence-electron chi connectivity index (χ0n) is 18.5. The number of carbonyl (C=O) groups excluding carboxylic acids is 4. The minimum Gasteiger partial charge on any atom is -0.462 e. The molecule has 3 amide bonds. The lowest BCUT2D eigenvalue weighted by Gasteiger charge is -2.14. The van der Waals surface area contributed by atoms with Crippen LogP contribution in [-0.4, -0.2) is 35.2 Å². The molecule has 4 rings (SSSR count). The molecule has 35 heavy (non-hydrogen) atoms. The summed E-state index contributed by atoms with van der Waals surface area (Å²) in [5.41, 5.74) is 0.991. The van der Waals surface area contributed by atoms with Crippen LogP contribution in [0.5, 0.6) is 0 Å². The maximum absolute atomic E-state index is 13.1. The number of carbonyl (C=O) groups is 4. The van der Waals surface area contributed by atoms with Crippen LogP contribution in [0.4, 0.5) is 17.1 Å². The van der Waals surface area contributed by atoms with E-state index in [9.17, 15) is 29.3 Å². The van der Waals surface area contributed by atoms with Crippen molar-refractivity contribution in [2.24, 2.45) is 0 Å². The Bertz CT molecular complexity index is 1370. The molecule has 0 fully saturated rings. The molecule has 0 saturated heterocycles. The van der Waals surface area contributed by atoms with Crippen LogP contribution in [0.2, 0.25) is 0 Å². The van der Waals surface area contributed by atoms with Crippen LogP contribution >= 0.6 is 0 Å². The number of hydrogen-bond acceptors (Lipinski definition) is 7. The van der Waals surface area contributed by atoms with Gasteiger partial charge in [-0.3, -0.25) is 24.5 Å². The second kappa shape index (κ2) is 9.56. The van der Waals surface area contributed by atoms with Gasteiger partial charge < -0.3 is 10.1 Å². The van der Waals surface area contributed by atoms with Crippen LogP contribution in [0.1, 0.15) is 54.8 Å². The number of nitrogens with one attached hydrogen (secondary N) is 1. The Kier molecular flexibility index (Phi) is 6.36. The lowest BCUT2D eigenvalue weighted by Crippen LogP contribution is -2.29. The number of nitro benzene ring substituents is 1. The standard InChI is InChI=1S/C25H19N3O7/c1-2-12-35-25(32)16-4-3-5-19(13-16)27-23(30)20-11-8-17(14-21(20)24(27)31)26-22(29)15-6-9-18(10-7-15)28(33)34/h3-11,13-14H,2,12H2,1H3,(H,26,29). The summed E-state index contributed by atoms with van der Waals surface area (Å²) in [5, 5.41) is 13.4. The van der Waals surface area contributed by atoms with Crippen LogP contribution in [0.15, 0.2) is 66.7 Å². The van der Waals surface area contributed by atoms with E-state index in [1.807, 2.05) is 6.92 Å². The first-order valence-electron chi connectivity index (χ1n) is 10.7. The highest BCUT2D eigenvalue weighted by atomic mass is 16.6. The van der Waals surface area contributed by atoms with Crippen LogP contribution < -0.4 is 10.2 Å². The Morgan fingerprint density at radius 2 is 1.66 bits per heavy atom. The molecule has 0 spiro atoms. The highest BCUT2D eigenvalue weighted by molar-refractivity contribution is 6.34. The number of imide groups is 1. The van der Waals surface area contributed by atoms with E-state index in [0.717, 1.165) is 4.90 Å². The number of anilines is 2. The third kappa shape index (κ3) is 4.62. The van der Waals surface area contributed by atoms with Gasteiger partial charge in [-0.05, 0) is 55.0 Å². The Morgan fingerprint density at radius 3 is 2.34 bits per heavy atom. The highest BCUT2D eigenvalue weighted by Gasteiger charge is 2.37. The molecule has 10 nitrogen and oxygen atoms in total. The van der Waals surface area contributed by atoms with E-state index < -0.39 is 28.6 Å². The number of rotatable bonds is 7. The van der Waals surface area contributed by atoms with Crippen molar-refractivity contribution in [3.63, 3.8) is 0 Å². The molecular weight excluding hydrogens is 454 g/mol. The van der Waals surface area contributed by atoms with Gasteiger partial charge in [0.15, 0.2) is 0 Å². The normalized spacial score (nSPS) is 12.3. The SMILES string of the molecule is CCCOC(=O)c1cccc(N2C(=O)c3ccc(NC(=O)c4ccc([N+](=O)[O-])cc4)cc3C2=O)c1. The lowest BCUT2D eigenvalue weighted by atomic mass is 10.1. The average Bonchev–Trinajstić information content (AvgIpc) is 3.11. The summed E-state index contributed by atoms with van der Waals surface area (Å²) in [4.78, 5) is 61.9. The van der Waals surface area contributed by atoms with Gasteiger partial charge in [-0.1, -0.05) is 13.0 Å². The van der Waals surface area contributed by atoms with Crippen molar-refractivity contribution in [1.82, 2.24) is 0 Å². The number of benzene rings is 3. The quantitative estimate of drug-likeness (QED) is 0.235. The highest BCUT2D eigenvalue weighted by Crippen LogP contribution is 2.31. The summed E-state index contributed by atoms with van der Waals surface area (Å²) in [7, 11) is 0. The van der Waals surface area contributed by atoms with Gasteiger partial charge in [0.2, 0.25) is 0 Å². The summed E-state index contributed by atoms with van der Waals surface area (Å²) < 4.78 is 5.12. The molecule has 0 aliphatic carbocycles. The number of ether oxygens (including phenoxy) is 1. The summed E-state index contributed by atoms with van der Waals surface area (Å²) >= 11 is 0. The zero-order valence-corrected chi connectivity index (χ0v) is 18.5. The maximum atomic E-state index is 13.1. The van der Waals surface area contributed by atoms with E-state index in [-0.39, 0.29) is 45.9 Å². The Balaban J connectivity index is 1.55. The van der Waals surface area contributed by atoms with E-state index >= 15 is 0 Å². The van der Waals surface area contributed by atoms with Crippen LogP contribution in [0, 0.1) is 10.1 Å². The third-order valence-corrected chi connectivity index (χ3v) is 5.26. The van der Waals surface area contributed by atoms with Gasteiger partial charge in [-0.25, -0.2) is 9.69 Å². The first-order chi connectivity index (χ1) is 16.8. The Hall–Kier alpha value is -4.86. The van der Waals surface area contributed by atoms with Crippen molar-refractivity contribution in [1.29, 1.82) is 0 Å². The van der Waals surface area contributed by atoms with E-state index in [1.54, 1.807) is 6.07 Å². The molecule has 0 radical (unpaired) electrons. The molecule has 3 aromatic rings. The average molecular weight is 473 g/mol. The maximum Gasteiger partial charge on any atom is 0.338 e. The fourth-order valence-corrected chi connectivity index (χ4v) is 3.54. The van der Waals surface area contributed by atoms with Gasteiger partial charge >= 0.3 is 5.97 Å². The first-order valence-corrected chi connectivity index (χ1v) is 10.7. The molecule has 3 aromatic carbocycles. The van der Waals surface area contributed by atoms with Gasteiger partial charge in [-0.15, -0.1) is 0 Å². The predicted molar refractivity (Wildman–Crippen MR) is 126 cm³/mol. The molecule has 1 N–H and O–H groups in total. The number of amides is 3. The smallest absolute Gasteiger partial charge is 0.338 e. The molecule has 0 unspecified atom stereocenters. The molecule has 1 aliphatic heterocycles. The minimum atomic E-state index is -0.601. The van der Waals surface area contributed by atoms with Crippen LogP contribution in [-0.2, 0) is 4.74 Å². The van der Waals surface area contributed by atoms with Gasteiger partial charge in [0.1, 0.15) is 0 Å². The molecule has 0 bridgehead atoms. The Labute approximate surface area is 199 Å². The fourth-order valence-electron chi connectivity index (χ4n) is 3.54. The molecular formula is C25H19N3O7. The number of fused-ring (bicyclic) bond motifs is 1. The van der Waals surface area contributed by atoms with E-state index in [4.69, 9.17) is 4.74 Å². The molecule has 1 aliphatic rings. The summed E-state index contributed by atoms with van der Waals surface area (Å²) in [6.45, 7) is 2.12. The third-order valence-electron chi connectivity index (χ3n) is 5.26. The second-order valence-corrected chi connectivity index (χ2v) is 7.65. The van der Waals surface area contributed by atoms with Crippen molar-refractivity contribution in [3.05, 3.63) is 99.1 Å². The number of non-ortho nitro benzene ring substituents is 1. The van der Waals surface area contributed by atoms with Crippen molar-refractivity contribution in [2.75, 3.05) is 16.8 Å². The lowest BCUT2D eigenvalue weighted by molar-refractivity contribution is -0.384. The van der Waals surface area contributed by atoms with Crippen molar-refractivity contribution < 1.29 is 28.8 Å². The largest absolute Gasteiger partial charge is 0.462 e. The zero-order chi connectivity index (χ0) is 25.1. The topological polar surface area (TPSA) is 136 Å². The molecule has 0 saturated carbocycles. The van der Waals surface area contributed by atoms with Gasteiger partial charge in [-0.2, -0.15) is 0 Å². The Morgan fingerprint density at radius 1 is 0.943 bits per heavy atom. The minimum absolute atomic E-state index is 0.0930. The van der Waals surface area contributed by atoms with Crippen LogP contribution in [0.3, 0.4) is 0 Å². The first kappa shape index (κ1) is 23.3. The van der Waals surface area contributed by atoms with Crippen molar-refractivity contribution in [2.45, 2.75) is 13.3 Å². The molecule has 10 heteroatoms. The van der Waals surface area contributed by atoms with Crippen molar-refractivity contribution in [3.8, 4) is 0 Å². The van der Waals surface area contributed by atoms with E-state index in [2.05, 4.69) is 5.32 Å². The van der Waals surface area contributed by atoms with Crippen molar-refractivity contribution >= 4 is 40.8 Å². The fraction of sp³-hybridized carbons (Fsp3) is 0.120. The summed E-state index contributed by atoms with van der Waals surface area (Å²) in [6.07, 6.45) is 0.660. The summed E-state index contributed by atoms with van der Waals surface area (Å²) in [6, 6.07) is 15.4. The molecule has 1 heterocycles.